The van der Waals surface area contributed by atoms with Gasteiger partial charge in [0.05, 0.1) is 22.8 Å². The lowest BCUT2D eigenvalue weighted by Crippen LogP contribution is -2.51. The van der Waals surface area contributed by atoms with Crippen LogP contribution in [-0.4, -0.2) is 66.0 Å². The highest BCUT2D eigenvalue weighted by atomic mass is 32.2. The molecule has 8 nitrogen and oxygen atoms in total. The highest BCUT2D eigenvalue weighted by Gasteiger charge is 2.30. The van der Waals surface area contributed by atoms with Crippen molar-refractivity contribution < 1.29 is 17.6 Å². The monoisotopic (exact) mass is 443 g/mol. The van der Waals surface area contributed by atoms with E-state index in [0.717, 1.165) is 17.4 Å². The maximum Gasteiger partial charge on any atom is 0.243 e. The quantitative estimate of drug-likeness (QED) is 0.629. The number of aromatic nitrogens is 2. The molecule has 31 heavy (non-hydrogen) atoms. The Bertz CT molecular complexity index is 1160. The molecule has 10 heteroatoms. The normalized spacial score (nSPS) is 15.1. The largest absolute Gasteiger partial charge is 0.374 e. The molecular formula is C21H22FN5O3S. The van der Waals surface area contributed by atoms with Crippen molar-refractivity contribution in [3.63, 3.8) is 0 Å². The third-order valence-electron chi connectivity index (χ3n) is 5.11. The molecule has 1 N–H and O–H groups in total. The van der Waals surface area contributed by atoms with Crippen molar-refractivity contribution in [2.45, 2.75) is 4.90 Å². The minimum Gasteiger partial charge on any atom is -0.374 e. The Hall–Kier alpha value is -3.24. The van der Waals surface area contributed by atoms with Gasteiger partial charge < -0.3 is 10.2 Å². The second-order valence-electron chi connectivity index (χ2n) is 7.06. The molecule has 1 aromatic heterocycles. The van der Waals surface area contributed by atoms with Gasteiger partial charge in [-0.25, -0.2) is 17.5 Å². The third kappa shape index (κ3) is 4.59. The minimum atomic E-state index is -3.79. The van der Waals surface area contributed by atoms with Crippen LogP contribution in [0.2, 0.25) is 0 Å². The van der Waals surface area contributed by atoms with E-state index in [0.29, 0.717) is 0 Å². The van der Waals surface area contributed by atoms with Crippen molar-refractivity contribution >= 4 is 21.6 Å². The van der Waals surface area contributed by atoms with E-state index in [-0.39, 0.29) is 43.5 Å². The number of amides is 1. The summed E-state index contributed by atoms with van der Waals surface area (Å²) < 4.78 is 41.8. The summed E-state index contributed by atoms with van der Waals surface area (Å²) in [4.78, 5) is 14.2. The number of carbonyl (C=O) groups excluding carboxylic acids is 1. The Morgan fingerprint density at radius 3 is 2.52 bits per heavy atom. The van der Waals surface area contributed by atoms with E-state index < -0.39 is 15.8 Å². The van der Waals surface area contributed by atoms with E-state index in [1.807, 2.05) is 36.5 Å². The fourth-order valence-electron chi connectivity index (χ4n) is 3.47. The maximum atomic E-state index is 13.4. The van der Waals surface area contributed by atoms with Gasteiger partial charge in [0, 0.05) is 38.6 Å². The smallest absolute Gasteiger partial charge is 0.243 e. The number of hydrogen-bond donors (Lipinski definition) is 1. The average Bonchev–Trinajstić information content (AvgIpc) is 3.32. The van der Waals surface area contributed by atoms with Crippen LogP contribution in [0.4, 0.5) is 10.1 Å². The Morgan fingerprint density at radius 1 is 1.03 bits per heavy atom. The average molecular weight is 444 g/mol. The molecule has 1 aliphatic rings. The van der Waals surface area contributed by atoms with Crippen LogP contribution in [0, 0.1) is 5.82 Å². The fourth-order valence-corrected chi connectivity index (χ4v) is 4.93. The molecule has 2 heterocycles. The highest BCUT2D eigenvalue weighted by Crippen LogP contribution is 2.20. The van der Waals surface area contributed by atoms with Crippen LogP contribution in [0.1, 0.15) is 0 Å². The zero-order chi connectivity index (χ0) is 21.8. The number of hydrogen-bond acceptors (Lipinski definition) is 5. The van der Waals surface area contributed by atoms with Crippen molar-refractivity contribution in [1.29, 1.82) is 0 Å². The van der Waals surface area contributed by atoms with E-state index in [9.17, 15) is 17.6 Å². The van der Waals surface area contributed by atoms with Crippen molar-refractivity contribution in [3.05, 3.63) is 72.8 Å². The van der Waals surface area contributed by atoms with Crippen LogP contribution in [0.5, 0.6) is 0 Å². The van der Waals surface area contributed by atoms with Crippen LogP contribution < -0.4 is 5.32 Å². The SMILES string of the molecule is O=C(CNc1ccccc1-n1cccn1)N1CCN(S(=O)(=O)c2cccc(F)c2)CC1. The Labute approximate surface area is 179 Å². The summed E-state index contributed by atoms with van der Waals surface area (Å²) in [6, 6.07) is 14.3. The number of carbonyl (C=O) groups is 1. The molecule has 0 aliphatic carbocycles. The standard InChI is InChI=1S/C21H22FN5O3S/c22-17-5-3-6-18(15-17)31(29,30)26-13-11-25(12-14-26)21(28)16-23-19-7-1-2-8-20(19)27-10-4-9-24-27/h1-10,15,23H,11-14,16H2. The second-order valence-corrected chi connectivity index (χ2v) is 9.00. The van der Waals surface area contributed by atoms with Gasteiger partial charge in [-0.2, -0.15) is 9.40 Å². The van der Waals surface area contributed by atoms with Crippen molar-refractivity contribution in [1.82, 2.24) is 19.0 Å². The Balaban J connectivity index is 1.35. The molecule has 1 aliphatic heterocycles. The van der Waals surface area contributed by atoms with Crippen LogP contribution in [0.15, 0.2) is 71.9 Å². The van der Waals surface area contributed by atoms with Gasteiger partial charge in [0.15, 0.2) is 0 Å². The third-order valence-corrected chi connectivity index (χ3v) is 7.01. The van der Waals surface area contributed by atoms with Gasteiger partial charge >= 0.3 is 0 Å². The van der Waals surface area contributed by atoms with Gasteiger partial charge in [-0.1, -0.05) is 18.2 Å². The number of nitrogens with one attached hydrogen (secondary N) is 1. The first-order valence-electron chi connectivity index (χ1n) is 9.81. The summed E-state index contributed by atoms with van der Waals surface area (Å²) >= 11 is 0. The molecule has 3 aromatic rings. The fraction of sp³-hybridized carbons (Fsp3) is 0.238. The minimum absolute atomic E-state index is 0.0783. The Morgan fingerprint density at radius 2 is 1.81 bits per heavy atom. The molecule has 0 bridgehead atoms. The second kappa shape index (κ2) is 8.86. The van der Waals surface area contributed by atoms with Gasteiger partial charge in [0.25, 0.3) is 0 Å². The number of halogens is 1. The Kier molecular flexibility index (Phi) is 6.01. The summed E-state index contributed by atoms with van der Waals surface area (Å²) in [5.41, 5.74) is 1.60. The molecule has 2 aromatic carbocycles. The molecule has 0 unspecified atom stereocenters. The van der Waals surface area contributed by atoms with Gasteiger partial charge in [0.2, 0.25) is 15.9 Å². The number of anilines is 1. The molecule has 1 fully saturated rings. The summed E-state index contributed by atoms with van der Waals surface area (Å²) in [5.74, 6) is -0.727. The summed E-state index contributed by atoms with van der Waals surface area (Å²) in [6.07, 6.45) is 3.50. The first-order chi connectivity index (χ1) is 14.9. The molecule has 1 amide bonds. The number of sulfonamides is 1. The predicted octanol–water partition coefficient (Wildman–Crippen LogP) is 1.96. The molecule has 0 atom stereocenters. The molecule has 0 saturated carbocycles. The van der Waals surface area contributed by atoms with Gasteiger partial charge in [-0.3, -0.25) is 4.79 Å². The van der Waals surface area contributed by atoms with E-state index in [1.54, 1.807) is 15.8 Å². The van der Waals surface area contributed by atoms with E-state index in [4.69, 9.17) is 0 Å². The van der Waals surface area contributed by atoms with E-state index >= 15 is 0 Å². The zero-order valence-electron chi connectivity index (χ0n) is 16.7. The number of benzene rings is 2. The van der Waals surface area contributed by atoms with Gasteiger partial charge in [0.1, 0.15) is 5.82 Å². The van der Waals surface area contributed by atoms with Crippen LogP contribution >= 0.6 is 0 Å². The lowest BCUT2D eigenvalue weighted by atomic mass is 10.2. The molecule has 0 spiro atoms. The summed E-state index contributed by atoms with van der Waals surface area (Å²) in [5, 5.41) is 7.37. The van der Waals surface area contributed by atoms with Crippen molar-refractivity contribution in [2.24, 2.45) is 0 Å². The number of rotatable bonds is 6. The summed E-state index contributed by atoms with van der Waals surface area (Å²) in [6.45, 7) is 0.948. The van der Waals surface area contributed by atoms with E-state index in [2.05, 4.69) is 10.4 Å². The maximum absolute atomic E-state index is 13.4. The van der Waals surface area contributed by atoms with E-state index in [1.165, 1.54) is 22.5 Å². The number of para-hydroxylation sites is 2. The lowest BCUT2D eigenvalue weighted by Gasteiger charge is -2.34. The van der Waals surface area contributed by atoms with Gasteiger partial charge in [-0.15, -0.1) is 0 Å². The zero-order valence-corrected chi connectivity index (χ0v) is 17.5. The predicted molar refractivity (Wildman–Crippen MR) is 114 cm³/mol. The van der Waals surface area contributed by atoms with Crippen molar-refractivity contribution in [2.75, 3.05) is 38.0 Å². The van der Waals surface area contributed by atoms with Crippen molar-refractivity contribution in [3.8, 4) is 5.69 Å². The lowest BCUT2D eigenvalue weighted by molar-refractivity contribution is -0.130. The molecule has 162 valence electrons. The molecule has 0 radical (unpaired) electrons. The first-order valence-corrected chi connectivity index (χ1v) is 11.3. The molecule has 1 saturated heterocycles. The molecule has 4 rings (SSSR count). The van der Waals surface area contributed by atoms with Gasteiger partial charge in [-0.05, 0) is 36.4 Å². The number of nitrogens with zero attached hydrogens (tertiary/aromatic N) is 4. The van der Waals surface area contributed by atoms with Crippen LogP contribution in [0.25, 0.3) is 5.69 Å². The summed E-state index contributed by atoms with van der Waals surface area (Å²) in [7, 11) is -3.79. The topological polar surface area (TPSA) is 87.5 Å². The van der Waals surface area contributed by atoms with Crippen LogP contribution in [0.3, 0.4) is 0 Å². The van der Waals surface area contributed by atoms with Crippen LogP contribution in [-0.2, 0) is 14.8 Å². The first kappa shape index (κ1) is 21.0. The number of piperazine rings is 1. The molecular weight excluding hydrogens is 421 g/mol. The highest BCUT2D eigenvalue weighted by molar-refractivity contribution is 7.89.